The van der Waals surface area contributed by atoms with Crippen molar-refractivity contribution >= 4 is 12.0 Å². The Morgan fingerprint density at radius 2 is 1.64 bits per heavy atom. The van der Waals surface area contributed by atoms with Crippen LogP contribution in [-0.4, -0.2) is 11.1 Å². The molecule has 2 aromatic rings. The molecule has 0 fully saturated rings. The van der Waals surface area contributed by atoms with E-state index in [0.29, 0.717) is 0 Å². The molecule has 1 unspecified atom stereocenters. The second-order valence-electron chi connectivity index (χ2n) is 9.59. The number of aliphatic carboxylic acids is 1. The molecular formula is C26H32O2. The molecule has 0 saturated carbocycles. The van der Waals surface area contributed by atoms with E-state index in [1.165, 1.54) is 46.7 Å². The second-order valence-corrected chi connectivity index (χ2v) is 9.59. The van der Waals surface area contributed by atoms with Gasteiger partial charge in [0.1, 0.15) is 0 Å². The van der Waals surface area contributed by atoms with Crippen LogP contribution in [0.4, 0.5) is 0 Å². The lowest BCUT2D eigenvalue weighted by Gasteiger charge is -2.42. The Bertz CT molecular complexity index is 931. The predicted octanol–water partition coefficient (Wildman–Crippen LogP) is 6.59. The van der Waals surface area contributed by atoms with Crippen molar-refractivity contribution in [1.29, 1.82) is 0 Å². The van der Waals surface area contributed by atoms with E-state index in [4.69, 9.17) is 5.11 Å². The largest absolute Gasteiger partial charge is 0.478 e. The minimum Gasteiger partial charge on any atom is -0.478 e. The first-order chi connectivity index (χ1) is 13.0. The van der Waals surface area contributed by atoms with Gasteiger partial charge in [-0.05, 0) is 70.1 Å². The molecule has 1 aliphatic rings. The molecule has 0 spiro atoms. The average molecular weight is 377 g/mol. The summed E-state index contributed by atoms with van der Waals surface area (Å²) in [5.74, 6) is -0.668. The van der Waals surface area contributed by atoms with Crippen LogP contribution in [0.1, 0.15) is 86.8 Å². The van der Waals surface area contributed by atoms with E-state index in [2.05, 4.69) is 65.8 Å². The van der Waals surface area contributed by atoms with Crippen molar-refractivity contribution in [2.45, 2.75) is 71.1 Å². The van der Waals surface area contributed by atoms with Gasteiger partial charge in [-0.2, -0.15) is 0 Å². The summed E-state index contributed by atoms with van der Waals surface area (Å²) < 4.78 is 0. The third-order valence-corrected chi connectivity index (χ3v) is 6.53. The Balaban J connectivity index is 2.05. The van der Waals surface area contributed by atoms with Gasteiger partial charge in [-0.25, -0.2) is 4.79 Å². The molecule has 0 aliphatic heterocycles. The lowest BCUT2D eigenvalue weighted by atomic mass is 9.62. The lowest BCUT2D eigenvalue weighted by Crippen LogP contribution is -2.34. The number of hydrogen-bond donors (Lipinski definition) is 1. The third kappa shape index (κ3) is 3.92. The van der Waals surface area contributed by atoms with Gasteiger partial charge >= 0.3 is 5.97 Å². The van der Waals surface area contributed by atoms with Gasteiger partial charge in [0.15, 0.2) is 0 Å². The van der Waals surface area contributed by atoms with Gasteiger partial charge < -0.3 is 5.11 Å². The van der Waals surface area contributed by atoms with Crippen molar-refractivity contribution in [2.24, 2.45) is 0 Å². The molecule has 2 aromatic carbocycles. The van der Waals surface area contributed by atoms with Gasteiger partial charge in [0, 0.05) is 12.0 Å². The molecule has 2 heteroatoms. The summed E-state index contributed by atoms with van der Waals surface area (Å²) in [6.45, 7) is 13.9. The lowest BCUT2D eigenvalue weighted by molar-refractivity contribution is -0.131. The maximum absolute atomic E-state index is 10.8. The summed E-state index contributed by atoms with van der Waals surface area (Å²) in [7, 11) is 0. The number of carbonyl (C=O) groups is 1. The minimum atomic E-state index is -0.922. The van der Waals surface area contributed by atoms with E-state index in [-0.39, 0.29) is 16.7 Å². The quantitative estimate of drug-likeness (QED) is 0.611. The van der Waals surface area contributed by atoms with Crippen molar-refractivity contribution in [2.75, 3.05) is 0 Å². The number of hydrogen-bond acceptors (Lipinski definition) is 1. The van der Waals surface area contributed by atoms with Crippen LogP contribution in [0, 0.1) is 6.92 Å². The Hall–Kier alpha value is -2.35. The minimum absolute atomic E-state index is 0.194. The number of aryl methyl sites for hydroxylation is 1. The van der Waals surface area contributed by atoms with Crippen LogP contribution in [0.25, 0.3) is 6.08 Å². The van der Waals surface area contributed by atoms with Crippen LogP contribution in [-0.2, 0) is 15.6 Å². The van der Waals surface area contributed by atoms with Crippen molar-refractivity contribution < 1.29 is 9.90 Å². The molecule has 1 atom stereocenters. The number of carboxylic acid groups (broad SMARTS) is 1. The molecule has 0 bridgehead atoms. The highest BCUT2D eigenvalue weighted by molar-refractivity contribution is 5.85. The fourth-order valence-electron chi connectivity index (χ4n) is 4.48. The first-order valence-electron chi connectivity index (χ1n) is 10.2. The fourth-order valence-corrected chi connectivity index (χ4v) is 4.48. The van der Waals surface area contributed by atoms with Gasteiger partial charge in [0.25, 0.3) is 0 Å². The highest BCUT2D eigenvalue weighted by Gasteiger charge is 2.37. The third-order valence-electron chi connectivity index (χ3n) is 6.53. The molecule has 0 aromatic heterocycles. The summed E-state index contributed by atoms with van der Waals surface area (Å²) >= 11 is 0. The first-order valence-corrected chi connectivity index (χ1v) is 10.2. The van der Waals surface area contributed by atoms with E-state index in [1.807, 2.05) is 12.1 Å². The Morgan fingerprint density at radius 3 is 2.25 bits per heavy atom. The fraction of sp³-hybridized carbons (Fsp3) is 0.423. The normalized spacial score (nSPS) is 18.6. The maximum Gasteiger partial charge on any atom is 0.328 e. The van der Waals surface area contributed by atoms with Crippen LogP contribution in [0.15, 0.2) is 42.5 Å². The number of fused-ring (bicyclic) bond motifs is 1. The van der Waals surface area contributed by atoms with Crippen LogP contribution in [0.5, 0.6) is 0 Å². The standard InChI is InChI=1S/C26H32O2/c1-17-14-22-23(26(5,6)13-12-25(22,3)4)16-21(17)18(2)20-9-7-8-19(15-20)10-11-24(27)28/h7-11,14-16,18H,12-13H2,1-6H3,(H,27,28). The van der Waals surface area contributed by atoms with Crippen molar-refractivity contribution in [3.63, 3.8) is 0 Å². The molecule has 3 rings (SSSR count). The summed E-state index contributed by atoms with van der Waals surface area (Å²) in [4.78, 5) is 10.8. The molecule has 28 heavy (non-hydrogen) atoms. The van der Waals surface area contributed by atoms with Crippen molar-refractivity contribution in [1.82, 2.24) is 0 Å². The molecule has 0 radical (unpaired) electrons. The monoisotopic (exact) mass is 376 g/mol. The number of carboxylic acids is 1. The van der Waals surface area contributed by atoms with Gasteiger partial charge in [0.05, 0.1) is 0 Å². The van der Waals surface area contributed by atoms with Gasteiger partial charge in [-0.3, -0.25) is 0 Å². The van der Waals surface area contributed by atoms with Crippen molar-refractivity contribution in [3.8, 4) is 0 Å². The second kappa shape index (κ2) is 7.24. The molecule has 0 amide bonds. The van der Waals surface area contributed by atoms with E-state index >= 15 is 0 Å². The predicted molar refractivity (Wildman–Crippen MR) is 117 cm³/mol. The van der Waals surface area contributed by atoms with Crippen molar-refractivity contribution in [3.05, 3.63) is 75.9 Å². The summed E-state index contributed by atoms with van der Waals surface area (Å²) in [5.41, 5.74) is 8.23. The van der Waals surface area contributed by atoms with Crippen LogP contribution in [0.3, 0.4) is 0 Å². The highest BCUT2D eigenvalue weighted by Crippen LogP contribution is 2.47. The van der Waals surface area contributed by atoms with Gasteiger partial charge in [-0.15, -0.1) is 0 Å². The number of benzene rings is 2. The smallest absolute Gasteiger partial charge is 0.328 e. The Kier molecular flexibility index (Phi) is 5.27. The SMILES string of the molecule is Cc1cc2c(cc1C(C)c1cccc(C=CC(=O)O)c1)C(C)(C)CCC2(C)C. The zero-order valence-corrected chi connectivity index (χ0v) is 18.0. The summed E-state index contributed by atoms with van der Waals surface area (Å²) in [6.07, 6.45) is 5.28. The molecule has 0 heterocycles. The maximum atomic E-state index is 10.8. The van der Waals surface area contributed by atoms with E-state index in [1.54, 1.807) is 6.08 Å². The van der Waals surface area contributed by atoms with Crippen LogP contribution < -0.4 is 0 Å². The van der Waals surface area contributed by atoms with Gasteiger partial charge in [0.2, 0.25) is 0 Å². The average Bonchev–Trinajstić information content (AvgIpc) is 2.63. The highest BCUT2D eigenvalue weighted by atomic mass is 16.4. The number of rotatable bonds is 4. The topological polar surface area (TPSA) is 37.3 Å². The Labute approximate surface area is 169 Å². The molecular weight excluding hydrogens is 344 g/mol. The molecule has 0 saturated heterocycles. The van der Waals surface area contributed by atoms with Crippen LogP contribution >= 0.6 is 0 Å². The molecule has 2 nitrogen and oxygen atoms in total. The van der Waals surface area contributed by atoms with Crippen LogP contribution in [0.2, 0.25) is 0 Å². The first kappa shape index (κ1) is 20.4. The van der Waals surface area contributed by atoms with E-state index in [9.17, 15) is 4.79 Å². The van der Waals surface area contributed by atoms with E-state index < -0.39 is 5.97 Å². The zero-order chi connectivity index (χ0) is 20.7. The van der Waals surface area contributed by atoms with E-state index in [0.717, 1.165) is 5.56 Å². The van der Waals surface area contributed by atoms with Gasteiger partial charge in [-0.1, -0.05) is 71.0 Å². The molecule has 1 aliphatic carbocycles. The molecule has 1 N–H and O–H groups in total. The molecule has 148 valence electrons. The summed E-state index contributed by atoms with van der Waals surface area (Å²) in [6, 6.07) is 13.0. The summed E-state index contributed by atoms with van der Waals surface area (Å²) in [5, 5.41) is 8.88. The Morgan fingerprint density at radius 1 is 1.04 bits per heavy atom. The zero-order valence-electron chi connectivity index (χ0n) is 18.0.